The first-order chi connectivity index (χ1) is 13.1. The van der Waals surface area contributed by atoms with Crippen molar-refractivity contribution in [3.05, 3.63) is 71.5 Å². The topological polar surface area (TPSA) is 54.8 Å². The van der Waals surface area contributed by atoms with Crippen molar-refractivity contribution in [2.75, 3.05) is 10.6 Å². The highest BCUT2D eigenvalue weighted by molar-refractivity contribution is 7.80. The molecule has 0 saturated heterocycles. The number of nitrogens with one attached hydrogen (secondary N) is 2. The summed E-state index contributed by atoms with van der Waals surface area (Å²) in [6.45, 7) is 4.96. The molecule has 0 saturated carbocycles. The van der Waals surface area contributed by atoms with Crippen molar-refractivity contribution in [2.45, 2.75) is 39.7 Å². The minimum Gasteiger partial charge on any atom is -0.332 e. The maximum atomic E-state index is 5.37. The lowest BCUT2D eigenvalue weighted by Gasteiger charge is -2.09. The van der Waals surface area contributed by atoms with E-state index in [1.807, 2.05) is 18.2 Å². The predicted molar refractivity (Wildman–Crippen MR) is 115 cm³/mol. The van der Waals surface area contributed by atoms with Crippen molar-refractivity contribution in [3.8, 4) is 0 Å². The molecule has 0 aliphatic carbocycles. The molecule has 1 heterocycles. The first-order valence-electron chi connectivity index (χ1n) is 9.24. The van der Waals surface area contributed by atoms with E-state index in [0.717, 1.165) is 12.1 Å². The van der Waals surface area contributed by atoms with E-state index in [-0.39, 0.29) is 0 Å². The zero-order valence-corrected chi connectivity index (χ0v) is 16.6. The van der Waals surface area contributed by atoms with Gasteiger partial charge in [0.15, 0.2) is 5.11 Å². The molecule has 2 N–H and O–H groups in total. The van der Waals surface area contributed by atoms with Crippen LogP contribution in [0.25, 0.3) is 0 Å². The van der Waals surface area contributed by atoms with Crippen molar-refractivity contribution >= 4 is 29.0 Å². The van der Waals surface area contributed by atoms with Crippen LogP contribution >= 0.6 is 12.2 Å². The lowest BCUT2D eigenvalue weighted by Crippen LogP contribution is -2.20. The Hall–Kier alpha value is -2.73. The highest BCUT2D eigenvalue weighted by Gasteiger charge is 2.05. The Morgan fingerprint density at radius 1 is 1.07 bits per heavy atom. The average Bonchev–Trinajstić information content (AvgIpc) is 3.07. The van der Waals surface area contributed by atoms with Crippen LogP contribution < -0.4 is 10.6 Å². The monoisotopic (exact) mass is 379 g/mol. The van der Waals surface area contributed by atoms with Crippen LogP contribution in [0, 0.1) is 6.92 Å². The summed E-state index contributed by atoms with van der Waals surface area (Å²) in [5.41, 5.74) is 4.72. The maximum absolute atomic E-state index is 5.37. The van der Waals surface area contributed by atoms with Gasteiger partial charge in [0.2, 0.25) is 5.95 Å². The molecule has 0 radical (unpaired) electrons. The second-order valence-electron chi connectivity index (χ2n) is 6.63. The fourth-order valence-corrected chi connectivity index (χ4v) is 3.03. The molecule has 0 spiro atoms. The number of benzene rings is 2. The molecule has 1 aromatic heterocycles. The van der Waals surface area contributed by atoms with Gasteiger partial charge in [-0.3, -0.25) is 5.32 Å². The minimum absolute atomic E-state index is 0.476. The van der Waals surface area contributed by atoms with Crippen LogP contribution in [0.5, 0.6) is 0 Å². The van der Waals surface area contributed by atoms with Crippen LogP contribution in [0.15, 0.2) is 54.9 Å². The minimum atomic E-state index is 0.476. The first kappa shape index (κ1) is 19.0. The van der Waals surface area contributed by atoms with E-state index >= 15 is 0 Å². The summed E-state index contributed by atoms with van der Waals surface area (Å²) in [6, 6.07) is 16.7. The molecule has 0 fully saturated rings. The number of unbranched alkanes of at least 4 members (excludes halogenated alkanes) is 1. The number of thiocarbonyl (C=S) groups is 1. The van der Waals surface area contributed by atoms with E-state index in [1.54, 1.807) is 11.0 Å². The summed E-state index contributed by atoms with van der Waals surface area (Å²) >= 11 is 5.37. The molecule has 6 heteroatoms. The zero-order chi connectivity index (χ0) is 19.1. The highest BCUT2D eigenvalue weighted by Crippen LogP contribution is 2.12. The van der Waals surface area contributed by atoms with Gasteiger partial charge in [-0.15, -0.1) is 5.10 Å². The number of anilines is 2. The van der Waals surface area contributed by atoms with Crippen LogP contribution in [0.1, 0.15) is 36.5 Å². The smallest absolute Gasteiger partial charge is 0.248 e. The van der Waals surface area contributed by atoms with E-state index in [2.05, 4.69) is 64.9 Å². The number of rotatable bonds is 7. The van der Waals surface area contributed by atoms with Gasteiger partial charge in [-0.25, -0.2) is 9.67 Å². The molecule has 140 valence electrons. The summed E-state index contributed by atoms with van der Waals surface area (Å²) in [4.78, 5) is 4.28. The Morgan fingerprint density at radius 3 is 2.63 bits per heavy atom. The van der Waals surface area contributed by atoms with Gasteiger partial charge in [-0.1, -0.05) is 55.3 Å². The molecule has 0 amide bonds. The van der Waals surface area contributed by atoms with E-state index < -0.39 is 0 Å². The van der Waals surface area contributed by atoms with E-state index in [9.17, 15) is 0 Å². The summed E-state index contributed by atoms with van der Waals surface area (Å²) in [5.74, 6) is 0.486. The van der Waals surface area contributed by atoms with E-state index in [4.69, 9.17) is 12.2 Å². The summed E-state index contributed by atoms with van der Waals surface area (Å²) in [5, 5.41) is 11.1. The summed E-state index contributed by atoms with van der Waals surface area (Å²) < 4.78 is 1.79. The second kappa shape index (κ2) is 9.28. The summed E-state index contributed by atoms with van der Waals surface area (Å²) in [7, 11) is 0. The standard InChI is InChI=1S/C21H25N5S/c1-3-4-7-17-9-11-19(12-10-17)23-21(27)24-20-22-15-26(25-20)14-18-8-5-6-16(2)13-18/h5-6,8-13,15H,3-4,7,14H2,1-2H3,(H2,23,24,25,27). The molecule has 27 heavy (non-hydrogen) atoms. The quantitative estimate of drug-likeness (QED) is 0.578. The third-order valence-electron chi connectivity index (χ3n) is 4.22. The number of nitrogens with zero attached hydrogens (tertiary/aromatic N) is 3. The average molecular weight is 380 g/mol. The van der Waals surface area contributed by atoms with Gasteiger partial charge in [0.05, 0.1) is 6.54 Å². The molecule has 0 bridgehead atoms. The van der Waals surface area contributed by atoms with Crippen LogP contribution in [-0.2, 0) is 13.0 Å². The fourth-order valence-electron chi connectivity index (χ4n) is 2.83. The van der Waals surface area contributed by atoms with Crippen molar-refractivity contribution < 1.29 is 0 Å². The van der Waals surface area contributed by atoms with Gasteiger partial charge in [0, 0.05) is 5.69 Å². The largest absolute Gasteiger partial charge is 0.332 e. The van der Waals surface area contributed by atoms with Crippen molar-refractivity contribution in [3.63, 3.8) is 0 Å². The Labute approximate surface area is 165 Å². The van der Waals surface area contributed by atoms with Crippen LogP contribution in [0.4, 0.5) is 11.6 Å². The van der Waals surface area contributed by atoms with Gasteiger partial charge >= 0.3 is 0 Å². The number of aromatic nitrogens is 3. The molecule has 3 rings (SSSR count). The van der Waals surface area contributed by atoms with Gasteiger partial charge in [-0.2, -0.15) is 0 Å². The molecule has 0 aliphatic heterocycles. The fraction of sp³-hybridized carbons (Fsp3) is 0.286. The third-order valence-corrected chi connectivity index (χ3v) is 4.42. The van der Waals surface area contributed by atoms with Crippen LogP contribution in [0.3, 0.4) is 0 Å². The predicted octanol–water partition coefficient (Wildman–Crippen LogP) is 4.79. The number of hydrogen-bond donors (Lipinski definition) is 2. The van der Waals surface area contributed by atoms with Gasteiger partial charge in [-0.05, 0) is 55.2 Å². The Bertz CT molecular complexity index is 886. The van der Waals surface area contributed by atoms with Crippen LogP contribution in [0.2, 0.25) is 0 Å². The lowest BCUT2D eigenvalue weighted by molar-refractivity contribution is 0.687. The molecule has 2 aromatic carbocycles. The van der Waals surface area contributed by atoms with Crippen LogP contribution in [-0.4, -0.2) is 19.9 Å². The molecular formula is C21H25N5S. The molecule has 0 unspecified atom stereocenters. The Morgan fingerprint density at radius 2 is 1.89 bits per heavy atom. The SMILES string of the molecule is CCCCc1ccc(NC(=S)Nc2ncn(Cc3cccc(C)c3)n2)cc1. The first-order valence-corrected chi connectivity index (χ1v) is 9.65. The van der Waals surface area contributed by atoms with E-state index in [1.165, 1.54) is 29.5 Å². The van der Waals surface area contributed by atoms with Gasteiger partial charge in [0.25, 0.3) is 0 Å². The lowest BCUT2D eigenvalue weighted by atomic mass is 10.1. The normalized spacial score (nSPS) is 10.6. The second-order valence-corrected chi connectivity index (χ2v) is 7.04. The van der Waals surface area contributed by atoms with Crippen molar-refractivity contribution in [2.24, 2.45) is 0 Å². The third kappa shape index (κ3) is 5.89. The Balaban J connectivity index is 1.53. The zero-order valence-electron chi connectivity index (χ0n) is 15.8. The van der Waals surface area contributed by atoms with Gasteiger partial charge < -0.3 is 5.32 Å². The van der Waals surface area contributed by atoms with Crippen molar-refractivity contribution in [1.82, 2.24) is 14.8 Å². The molecule has 0 aliphatic rings. The molecular weight excluding hydrogens is 354 g/mol. The Kier molecular flexibility index (Phi) is 6.54. The number of aryl methyl sites for hydroxylation is 2. The summed E-state index contributed by atoms with van der Waals surface area (Å²) in [6.07, 6.45) is 5.23. The van der Waals surface area contributed by atoms with Gasteiger partial charge in [0.1, 0.15) is 6.33 Å². The van der Waals surface area contributed by atoms with E-state index in [0.29, 0.717) is 17.6 Å². The molecule has 5 nitrogen and oxygen atoms in total. The van der Waals surface area contributed by atoms with Crippen molar-refractivity contribution in [1.29, 1.82) is 0 Å². The molecule has 0 atom stereocenters. The highest BCUT2D eigenvalue weighted by atomic mass is 32.1. The maximum Gasteiger partial charge on any atom is 0.248 e. The molecule has 3 aromatic rings. The number of hydrogen-bond acceptors (Lipinski definition) is 3.